The molecule has 7 heteroatoms. The summed E-state index contributed by atoms with van der Waals surface area (Å²) in [4.78, 5) is 15.1. The van der Waals surface area contributed by atoms with Crippen molar-refractivity contribution in [3.05, 3.63) is 41.1 Å². The number of aryl methyl sites for hydroxylation is 1. The number of benzene rings is 1. The van der Waals surface area contributed by atoms with Gasteiger partial charge in [-0.2, -0.15) is 5.26 Å². The Kier molecular flexibility index (Phi) is 4.06. The highest BCUT2D eigenvalue weighted by molar-refractivity contribution is 7.92. The SMILES string of the molecule is C/C=C(\C#N)C(=O)c1cc2cc(C)c(NS(C)(=O)=O)cc2[nH]1. The van der Waals surface area contributed by atoms with E-state index in [0.29, 0.717) is 16.9 Å². The average Bonchev–Trinajstić information content (AvgIpc) is 2.81. The molecular weight excluding hydrogens is 302 g/mol. The van der Waals surface area contributed by atoms with Crippen molar-refractivity contribution in [1.82, 2.24) is 4.98 Å². The number of nitrogens with one attached hydrogen (secondary N) is 2. The molecule has 2 rings (SSSR count). The van der Waals surface area contributed by atoms with E-state index < -0.39 is 15.8 Å². The lowest BCUT2D eigenvalue weighted by Crippen LogP contribution is -2.10. The van der Waals surface area contributed by atoms with Gasteiger partial charge in [-0.05, 0) is 37.6 Å². The molecule has 0 aliphatic carbocycles. The summed E-state index contributed by atoms with van der Waals surface area (Å²) >= 11 is 0. The Bertz CT molecular complexity index is 931. The van der Waals surface area contributed by atoms with Gasteiger partial charge in [-0.15, -0.1) is 0 Å². The van der Waals surface area contributed by atoms with Crippen LogP contribution in [0, 0.1) is 18.3 Å². The van der Waals surface area contributed by atoms with Crippen LogP contribution in [0.3, 0.4) is 0 Å². The fourth-order valence-electron chi connectivity index (χ4n) is 2.12. The monoisotopic (exact) mass is 317 g/mol. The minimum atomic E-state index is -3.38. The molecule has 0 bridgehead atoms. The number of aromatic nitrogens is 1. The van der Waals surface area contributed by atoms with E-state index in [-0.39, 0.29) is 5.57 Å². The maximum Gasteiger partial charge on any atom is 0.229 e. The number of aromatic amines is 1. The van der Waals surface area contributed by atoms with Crippen LogP contribution in [0.2, 0.25) is 0 Å². The second kappa shape index (κ2) is 5.66. The molecule has 1 heterocycles. The summed E-state index contributed by atoms with van der Waals surface area (Å²) in [6.45, 7) is 3.39. The molecule has 0 aliphatic rings. The number of H-pyrrole nitrogens is 1. The number of sulfonamides is 1. The molecule has 2 aromatic rings. The molecule has 1 aromatic carbocycles. The first kappa shape index (κ1) is 15.8. The highest BCUT2D eigenvalue weighted by Crippen LogP contribution is 2.25. The molecule has 0 spiro atoms. The molecule has 0 amide bonds. The van der Waals surface area contributed by atoms with Gasteiger partial charge in [-0.25, -0.2) is 8.42 Å². The molecule has 0 radical (unpaired) electrons. The van der Waals surface area contributed by atoms with Gasteiger partial charge in [-0.1, -0.05) is 6.08 Å². The number of carbonyl (C=O) groups is 1. The van der Waals surface area contributed by atoms with Crippen LogP contribution in [0.15, 0.2) is 29.8 Å². The number of nitriles is 1. The summed E-state index contributed by atoms with van der Waals surface area (Å²) in [5, 5.41) is 9.69. The third-order valence-electron chi connectivity index (χ3n) is 3.16. The van der Waals surface area contributed by atoms with Crippen LogP contribution < -0.4 is 4.72 Å². The van der Waals surface area contributed by atoms with E-state index in [2.05, 4.69) is 9.71 Å². The van der Waals surface area contributed by atoms with Gasteiger partial charge >= 0.3 is 0 Å². The first-order valence-corrected chi connectivity index (χ1v) is 8.36. The van der Waals surface area contributed by atoms with Crippen molar-refractivity contribution in [2.24, 2.45) is 0 Å². The zero-order valence-corrected chi connectivity index (χ0v) is 13.2. The highest BCUT2D eigenvalue weighted by Gasteiger charge is 2.15. The van der Waals surface area contributed by atoms with Crippen LogP contribution in [0.25, 0.3) is 10.9 Å². The van der Waals surface area contributed by atoms with Gasteiger partial charge in [0.05, 0.1) is 23.2 Å². The van der Waals surface area contributed by atoms with E-state index in [9.17, 15) is 13.2 Å². The minimum Gasteiger partial charge on any atom is -0.352 e. The van der Waals surface area contributed by atoms with Gasteiger partial charge in [0, 0.05) is 10.9 Å². The zero-order valence-electron chi connectivity index (χ0n) is 12.4. The van der Waals surface area contributed by atoms with Crippen molar-refractivity contribution in [2.45, 2.75) is 13.8 Å². The van der Waals surface area contributed by atoms with Crippen molar-refractivity contribution in [2.75, 3.05) is 11.0 Å². The smallest absolute Gasteiger partial charge is 0.229 e. The van der Waals surface area contributed by atoms with E-state index >= 15 is 0 Å². The summed E-state index contributed by atoms with van der Waals surface area (Å²) in [6, 6.07) is 6.90. The van der Waals surface area contributed by atoms with Gasteiger partial charge in [0.1, 0.15) is 6.07 Å². The number of carbonyl (C=O) groups excluding carboxylic acids is 1. The van der Waals surface area contributed by atoms with Gasteiger partial charge < -0.3 is 4.98 Å². The van der Waals surface area contributed by atoms with Crippen molar-refractivity contribution < 1.29 is 13.2 Å². The highest BCUT2D eigenvalue weighted by atomic mass is 32.2. The lowest BCUT2D eigenvalue weighted by Gasteiger charge is -2.07. The number of allylic oxidation sites excluding steroid dienone is 2. The molecule has 0 atom stereocenters. The zero-order chi connectivity index (χ0) is 16.5. The molecule has 22 heavy (non-hydrogen) atoms. The Hall–Kier alpha value is -2.59. The molecule has 1 aromatic heterocycles. The van der Waals surface area contributed by atoms with Crippen molar-refractivity contribution in [3.63, 3.8) is 0 Å². The van der Waals surface area contributed by atoms with E-state index in [4.69, 9.17) is 5.26 Å². The molecule has 2 N–H and O–H groups in total. The number of hydrogen-bond acceptors (Lipinski definition) is 4. The number of Topliss-reactive ketones (excluding diaryl/α,β-unsaturated/α-hetero) is 1. The fourth-order valence-corrected chi connectivity index (χ4v) is 2.74. The Morgan fingerprint density at radius 2 is 2.05 bits per heavy atom. The molecule has 0 saturated heterocycles. The van der Waals surface area contributed by atoms with Crippen LogP contribution in [0.5, 0.6) is 0 Å². The fraction of sp³-hybridized carbons (Fsp3) is 0.200. The van der Waals surface area contributed by atoms with Crippen molar-refractivity contribution in [3.8, 4) is 6.07 Å². The van der Waals surface area contributed by atoms with Crippen LogP contribution in [-0.4, -0.2) is 25.4 Å². The molecule has 0 unspecified atom stereocenters. The van der Waals surface area contributed by atoms with Gasteiger partial charge in [0.15, 0.2) is 0 Å². The van der Waals surface area contributed by atoms with Crippen LogP contribution in [0.1, 0.15) is 23.0 Å². The number of ketones is 1. The largest absolute Gasteiger partial charge is 0.352 e. The summed E-state index contributed by atoms with van der Waals surface area (Å²) in [7, 11) is -3.38. The van der Waals surface area contributed by atoms with Crippen LogP contribution in [0.4, 0.5) is 5.69 Å². The number of anilines is 1. The predicted molar refractivity (Wildman–Crippen MR) is 85.2 cm³/mol. The van der Waals surface area contributed by atoms with Gasteiger partial charge in [0.25, 0.3) is 0 Å². The lowest BCUT2D eigenvalue weighted by molar-refractivity contribution is 0.103. The number of rotatable bonds is 4. The van der Waals surface area contributed by atoms with Crippen LogP contribution in [-0.2, 0) is 10.0 Å². The quantitative estimate of drug-likeness (QED) is 0.513. The standard InChI is InChI=1S/C15H15N3O3S/c1-4-10(8-16)15(19)14-6-11-5-9(2)12(7-13(11)17-14)18-22(3,20)21/h4-7,17-18H,1-3H3/b10-4+. The number of nitrogens with zero attached hydrogens (tertiary/aromatic N) is 1. The summed E-state index contributed by atoms with van der Waals surface area (Å²) in [5.74, 6) is -0.392. The molecule has 0 aliphatic heterocycles. The average molecular weight is 317 g/mol. The molecule has 0 fully saturated rings. The normalized spacial score (nSPS) is 12.2. The Morgan fingerprint density at radius 3 is 2.59 bits per heavy atom. The Balaban J connectivity index is 2.52. The number of hydrogen-bond donors (Lipinski definition) is 2. The summed E-state index contributed by atoms with van der Waals surface area (Å²) < 4.78 is 25.1. The second-order valence-electron chi connectivity index (χ2n) is 4.95. The van der Waals surface area contributed by atoms with Gasteiger partial charge in [0.2, 0.25) is 15.8 Å². The van der Waals surface area contributed by atoms with Crippen molar-refractivity contribution >= 4 is 32.4 Å². The second-order valence-corrected chi connectivity index (χ2v) is 6.70. The molecule has 114 valence electrons. The third-order valence-corrected chi connectivity index (χ3v) is 3.75. The molecule has 6 nitrogen and oxygen atoms in total. The Labute approximate surface area is 128 Å². The Morgan fingerprint density at radius 1 is 1.36 bits per heavy atom. The number of fused-ring (bicyclic) bond motifs is 1. The molecule has 0 saturated carbocycles. The first-order chi connectivity index (χ1) is 10.2. The predicted octanol–water partition coefficient (Wildman–Crippen LogP) is 2.50. The van der Waals surface area contributed by atoms with E-state index in [1.165, 1.54) is 6.08 Å². The van der Waals surface area contributed by atoms with E-state index in [0.717, 1.165) is 17.2 Å². The topological polar surface area (TPSA) is 103 Å². The summed E-state index contributed by atoms with van der Waals surface area (Å²) in [6.07, 6.45) is 2.53. The van der Waals surface area contributed by atoms with Crippen LogP contribution >= 0.6 is 0 Å². The van der Waals surface area contributed by atoms with E-state index in [1.54, 1.807) is 32.0 Å². The first-order valence-electron chi connectivity index (χ1n) is 6.47. The third kappa shape index (κ3) is 3.18. The lowest BCUT2D eigenvalue weighted by atomic mass is 10.1. The molecular formula is C15H15N3O3S. The van der Waals surface area contributed by atoms with E-state index in [1.807, 2.05) is 6.07 Å². The summed E-state index contributed by atoms with van der Waals surface area (Å²) in [5.41, 5.74) is 2.15. The minimum absolute atomic E-state index is 0.0535. The maximum absolute atomic E-state index is 12.1. The maximum atomic E-state index is 12.1. The van der Waals surface area contributed by atoms with Gasteiger partial charge in [-0.3, -0.25) is 9.52 Å². The van der Waals surface area contributed by atoms with Crippen molar-refractivity contribution in [1.29, 1.82) is 5.26 Å².